The van der Waals surface area contributed by atoms with Crippen molar-refractivity contribution in [3.8, 4) is 5.75 Å². The van der Waals surface area contributed by atoms with Crippen molar-refractivity contribution in [2.75, 3.05) is 11.5 Å². The molecule has 1 saturated heterocycles. The van der Waals surface area contributed by atoms with Crippen LogP contribution < -0.4 is 9.64 Å². The molecule has 0 aromatic heterocycles. The molecule has 0 radical (unpaired) electrons. The Labute approximate surface area is 247 Å². The summed E-state index contributed by atoms with van der Waals surface area (Å²) in [4.78, 5) is 57.1. The standard InChI is InChI=1S/C35H26N2O6/c1-2-43-28-14-8-6-12-26(28)30-31(32(38)22-15-18-23(19-16-22)37(41)42)36-27-13-7-3-9-21(27)17-20-29(36)35(30)33(39)24-10-4-5-11-25(24)34(35)40/h3-20,29-31H,2H2,1H3/t29-,30+,31-/m1/s1. The molecule has 0 N–H and O–H groups in total. The van der Waals surface area contributed by atoms with Crippen LogP contribution in [0.15, 0.2) is 103 Å². The first-order valence-corrected chi connectivity index (χ1v) is 14.1. The number of fused-ring (bicyclic) bond motifs is 5. The second-order valence-corrected chi connectivity index (χ2v) is 10.9. The lowest BCUT2D eigenvalue weighted by molar-refractivity contribution is -0.384. The number of nitro groups is 1. The van der Waals surface area contributed by atoms with E-state index in [0.717, 1.165) is 11.3 Å². The number of para-hydroxylation sites is 2. The number of ketones is 3. The van der Waals surface area contributed by atoms with Crippen molar-refractivity contribution < 1.29 is 24.0 Å². The maximum absolute atomic E-state index is 14.8. The number of non-ortho nitro benzene ring substituents is 1. The van der Waals surface area contributed by atoms with Gasteiger partial charge in [0.05, 0.1) is 17.6 Å². The van der Waals surface area contributed by atoms with Gasteiger partial charge in [0.1, 0.15) is 17.2 Å². The van der Waals surface area contributed by atoms with Crippen LogP contribution in [0.1, 0.15) is 55.0 Å². The van der Waals surface area contributed by atoms with Crippen LogP contribution in [0.25, 0.3) is 6.08 Å². The van der Waals surface area contributed by atoms with Crippen molar-refractivity contribution in [3.63, 3.8) is 0 Å². The first-order chi connectivity index (χ1) is 20.9. The van der Waals surface area contributed by atoms with E-state index in [1.165, 1.54) is 24.3 Å². The minimum atomic E-state index is -1.66. The van der Waals surface area contributed by atoms with Crippen molar-refractivity contribution in [2.24, 2.45) is 5.41 Å². The fourth-order valence-electron chi connectivity index (χ4n) is 7.20. The van der Waals surface area contributed by atoms with Crippen molar-refractivity contribution >= 4 is 34.8 Å². The van der Waals surface area contributed by atoms with E-state index in [-0.39, 0.29) is 28.6 Å². The molecule has 4 aromatic rings. The second kappa shape index (κ2) is 9.87. The smallest absolute Gasteiger partial charge is 0.269 e. The fourth-order valence-corrected chi connectivity index (χ4v) is 7.20. The van der Waals surface area contributed by atoms with E-state index < -0.39 is 28.3 Å². The Balaban J connectivity index is 1.54. The Morgan fingerprint density at radius 2 is 1.51 bits per heavy atom. The van der Waals surface area contributed by atoms with Gasteiger partial charge >= 0.3 is 0 Å². The molecule has 0 unspecified atom stereocenters. The molecule has 0 saturated carbocycles. The number of benzene rings is 4. The number of hydrogen-bond donors (Lipinski definition) is 0. The molecule has 7 rings (SSSR count). The van der Waals surface area contributed by atoms with Crippen LogP contribution in [0.5, 0.6) is 5.75 Å². The van der Waals surface area contributed by atoms with Crippen molar-refractivity contribution in [1.82, 2.24) is 0 Å². The highest BCUT2D eigenvalue weighted by Gasteiger charge is 2.71. The van der Waals surface area contributed by atoms with Crippen LogP contribution in [0, 0.1) is 15.5 Å². The van der Waals surface area contributed by atoms with E-state index >= 15 is 0 Å². The molecule has 0 bridgehead atoms. The number of hydrogen-bond acceptors (Lipinski definition) is 7. The number of carbonyl (C=O) groups excluding carboxylic acids is 3. The van der Waals surface area contributed by atoms with Crippen LogP contribution in [0.3, 0.4) is 0 Å². The first-order valence-electron chi connectivity index (χ1n) is 14.1. The fraction of sp³-hybridized carbons (Fsp3) is 0.171. The molecule has 8 heteroatoms. The Bertz CT molecular complexity index is 1830. The number of rotatable bonds is 6. The molecule has 43 heavy (non-hydrogen) atoms. The molecule has 3 atom stereocenters. The summed E-state index contributed by atoms with van der Waals surface area (Å²) in [5.74, 6) is -1.46. The van der Waals surface area contributed by atoms with E-state index in [9.17, 15) is 24.5 Å². The van der Waals surface area contributed by atoms with Gasteiger partial charge in [-0.15, -0.1) is 0 Å². The van der Waals surface area contributed by atoms with Crippen LogP contribution in [0.4, 0.5) is 11.4 Å². The number of nitrogens with zero attached hydrogens (tertiary/aromatic N) is 2. The van der Waals surface area contributed by atoms with Gasteiger partial charge in [0, 0.05) is 46.0 Å². The molecule has 212 valence electrons. The minimum Gasteiger partial charge on any atom is -0.494 e. The second-order valence-electron chi connectivity index (χ2n) is 10.9. The largest absolute Gasteiger partial charge is 0.494 e. The Hall–Kier alpha value is -5.37. The molecule has 8 nitrogen and oxygen atoms in total. The zero-order chi connectivity index (χ0) is 29.9. The van der Waals surface area contributed by atoms with Crippen LogP contribution in [-0.4, -0.2) is 41.0 Å². The lowest BCUT2D eigenvalue weighted by Gasteiger charge is -2.37. The maximum atomic E-state index is 14.8. The van der Waals surface area contributed by atoms with Gasteiger partial charge in [0.15, 0.2) is 17.3 Å². The van der Waals surface area contributed by atoms with Crippen molar-refractivity contribution in [1.29, 1.82) is 0 Å². The summed E-state index contributed by atoms with van der Waals surface area (Å²) in [5, 5.41) is 11.4. The van der Waals surface area contributed by atoms with Crippen LogP contribution in [-0.2, 0) is 0 Å². The van der Waals surface area contributed by atoms with E-state index in [0.29, 0.717) is 29.0 Å². The Morgan fingerprint density at radius 3 is 2.19 bits per heavy atom. The zero-order valence-electron chi connectivity index (χ0n) is 23.2. The maximum Gasteiger partial charge on any atom is 0.269 e. The number of ether oxygens (including phenoxy) is 1. The number of carbonyl (C=O) groups is 3. The number of Topliss-reactive ketones (excluding diaryl/α,β-unsaturated/α-hetero) is 3. The number of anilines is 1. The third-order valence-corrected chi connectivity index (χ3v) is 8.90. The zero-order valence-corrected chi connectivity index (χ0v) is 23.2. The monoisotopic (exact) mass is 570 g/mol. The molecular formula is C35H26N2O6. The first kappa shape index (κ1) is 26.5. The highest BCUT2D eigenvalue weighted by molar-refractivity contribution is 6.32. The van der Waals surface area contributed by atoms with Crippen molar-refractivity contribution in [2.45, 2.75) is 24.9 Å². The summed E-state index contributed by atoms with van der Waals surface area (Å²) in [6.07, 6.45) is 3.77. The van der Waals surface area contributed by atoms with Crippen molar-refractivity contribution in [3.05, 3.63) is 141 Å². The lowest BCUT2D eigenvalue weighted by atomic mass is 9.64. The third-order valence-electron chi connectivity index (χ3n) is 8.90. The van der Waals surface area contributed by atoms with Gasteiger partial charge < -0.3 is 9.64 Å². The number of nitro benzene ring substituents is 1. The highest BCUT2D eigenvalue weighted by atomic mass is 16.6. The molecule has 3 aliphatic rings. The van der Waals surface area contributed by atoms with E-state index in [2.05, 4.69) is 0 Å². The van der Waals surface area contributed by atoms with Gasteiger partial charge in [-0.2, -0.15) is 0 Å². The van der Waals surface area contributed by atoms with Crippen LogP contribution >= 0.6 is 0 Å². The van der Waals surface area contributed by atoms with Gasteiger partial charge in [-0.05, 0) is 36.8 Å². The van der Waals surface area contributed by atoms with Gasteiger partial charge in [-0.1, -0.05) is 72.8 Å². The molecule has 4 aromatic carbocycles. The summed E-state index contributed by atoms with van der Waals surface area (Å²) >= 11 is 0. The van der Waals surface area contributed by atoms with E-state index in [1.54, 1.807) is 30.3 Å². The predicted molar refractivity (Wildman–Crippen MR) is 161 cm³/mol. The molecule has 2 aliphatic heterocycles. The Morgan fingerprint density at radius 1 is 0.884 bits per heavy atom. The summed E-state index contributed by atoms with van der Waals surface area (Å²) in [6, 6.07) is 25.3. The SMILES string of the molecule is CCOc1ccccc1[C@H]1[C@H](C(=O)c2ccc([N+](=O)[O-])cc2)N2c3ccccc3C=C[C@@H]2C12C(=O)c1ccccc1C2=O. The van der Waals surface area contributed by atoms with Gasteiger partial charge in [0.25, 0.3) is 5.69 Å². The molecule has 1 fully saturated rings. The van der Waals surface area contributed by atoms with E-state index in [4.69, 9.17) is 4.74 Å². The highest BCUT2D eigenvalue weighted by Crippen LogP contribution is 2.62. The molecule has 1 spiro atoms. The molecular weight excluding hydrogens is 544 g/mol. The van der Waals surface area contributed by atoms with Crippen LogP contribution in [0.2, 0.25) is 0 Å². The normalized spacial score (nSPS) is 21.0. The summed E-state index contributed by atoms with van der Waals surface area (Å²) in [6.45, 7) is 2.19. The summed E-state index contributed by atoms with van der Waals surface area (Å²) < 4.78 is 6.05. The predicted octanol–water partition coefficient (Wildman–Crippen LogP) is 6.31. The lowest BCUT2D eigenvalue weighted by Crippen LogP contribution is -2.48. The van der Waals surface area contributed by atoms with Gasteiger partial charge in [-0.3, -0.25) is 24.5 Å². The average Bonchev–Trinajstić information content (AvgIpc) is 3.47. The van der Waals surface area contributed by atoms with Gasteiger partial charge in [-0.25, -0.2) is 0 Å². The quantitative estimate of drug-likeness (QED) is 0.116. The van der Waals surface area contributed by atoms with Gasteiger partial charge in [0.2, 0.25) is 0 Å². The van der Waals surface area contributed by atoms with E-state index in [1.807, 2.05) is 66.4 Å². The molecule has 2 heterocycles. The summed E-state index contributed by atoms with van der Waals surface area (Å²) in [5.41, 5.74) is 1.27. The third kappa shape index (κ3) is 3.65. The molecule has 0 amide bonds. The minimum absolute atomic E-state index is 0.140. The summed E-state index contributed by atoms with van der Waals surface area (Å²) in [7, 11) is 0. The topological polar surface area (TPSA) is 107 Å². The Kier molecular flexibility index (Phi) is 6.09. The molecule has 1 aliphatic carbocycles. The average molecular weight is 571 g/mol.